The number of piperidine rings is 1. The molecule has 32 heavy (non-hydrogen) atoms. The minimum atomic E-state index is -1.85. The lowest BCUT2D eigenvalue weighted by atomic mass is 9.95. The highest BCUT2D eigenvalue weighted by Gasteiger charge is 2.39. The van der Waals surface area contributed by atoms with E-state index in [4.69, 9.17) is 9.16 Å². The zero-order chi connectivity index (χ0) is 24.0. The number of nitrogens with zero attached hydrogens (tertiary/aromatic N) is 1. The van der Waals surface area contributed by atoms with E-state index in [0.29, 0.717) is 26.1 Å². The molecule has 0 bridgehead atoms. The van der Waals surface area contributed by atoms with Gasteiger partial charge in [-0.05, 0) is 43.0 Å². The minimum absolute atomic E-state index is 0.146. The molecule has 0 saturated carbocycles. The molecule has 1 fully saturated rings. The number of carbonyl (C=O) groups is 2. The summed E-state index contributed by atoms with van der Waals surface area (Å²) < 4.78 is 11.9. The molecule has 1 N–H and O–H groups in total. The number of ether oxygens (including phenoxy) is 1. The van der Waals surface area contributed by atoms with Crippen LogP contribution in [0.25, 0.3) is 0 Å². The molecular weight excluding hydrogens is 420 g/mol. The highest BCUT2D eigenvalue weighted by molar-refractivity contribution is 6.74. The highest BCUT2D eigenvalue weighted by atomic mass is 28.4. The Labute approximate surface area is 195 Å². The maximum atomic E-state index is 13.0. The van der Waals surface area contributed by atoms with Gasteiger partial charge in [-0.1, -0.05) is 65.0 Å². The number of esters is 1. The van der Waals surface area contributed by atoms with Crippen molar-refractivity contribution in [2.24, 2.45) is 5.41 Å². The molecule has 7 heteroatoms. The van der Waals surface area contributed by atoms with E-state index in [1.54, 1.807) is 4.90 Å². The van der Waals surface area contributed by atoms with Crippen molar-refractivity contribution in [2.45, 2.75) is 84.7 Å². The van der Waals surface area contributed by atoms with Crippen molar-refractivity contribution in [3.63, 3.8) is 0 Å². The van der Waals surface area contributed by atoms with Crippen LogP contribution in [0.2, 0.25) is 18.1 Å². The number of urea groups is 1. The Morgan fingerprint density at radius 3 is 2.38 bits per heavy atom. The van der Waals surface area contributed by atoms with E-state index in [2.05, 4.69) is 53.0 Å². The van der Waals surface area contributed by atoms with E-state index in [0.717, 1.165) is 18.4 Å². The van der Waals surface area contributed by atoms with Crippen molar-refractivity contribution in [1.29, 1.82) is 0 Å². The van der Waals surface area contributed by atoms with Crippen LogP contribution in [0.1, 0.15) is 59.4 Å². The number of nitrogens with one attached hydrogen (secondary N) is 1. The van der Waals surface area contributed by atoms with Crippen molar-refractivity contribution in [3.05, 3.63) is 35.9 Å². The number of benzene rings is 1. The molecule has 180 valence electrons. The molecule has 0 spiro atoms. The van der Waals surface area contributed by atoms with E-state index in [1.807, 2.05) is 30.3 Å². The third kappa shape index (κ3) is 7.62. The number of likely N-dealkylation sites (tertiary alicyclic amines) is 1. The van der Waals surface area contributed by atoms with Crippen LogP contribution in [-0.2, 0) is 20.6 Å². The molecule has 1 atom stereocenters. The van der Waals surface area contributed by atoms with Gasteiger partial charge in [-0.3, -0.25) is 0 Å². The van der Waals surface area contributed by atoms with Gasteiger partial charge in [-0.2, -0.15) is 0 Å². The fraction of sp³-hybridized carbons (Fsp3) is 0.680. The van der Waals surface area contributed by atoms with Crippen molar-refractivity contribution >= 4 is 20.3 Å². The highest BCUT2D eigenvalue weighted by Crippen LogP contribution is 2.37. The van der Waals surface area contributed by atoms with E-state index < -0.39 is 14.4 Å². The zero-order valence-corrected chi connectivity index (χ0v) is 22.0. The van der Waals surface area contributed by atoms with Gasteiger partial charge in [0.25, 0.3) is 0 Å². The molecule has 1 aromatic rings. The third-order valence-corrected chi connectivity index (χ3v) is 11.1. The fourth-order valence-corrected chi connectivity index (χ4v) is 4.49. The average molecular weight is 463 g/mol. The second-order valence-corrected chi connectivity index (χ2v) is 16.0. The molecular formula is C25H42N2O4Si. The van der Waals surface area contributed by atoms with Crippen LogP contribution in [0.3, 0.4) is 0 Å². The molecule has 1 heterocycles. The molecule has 1 aromatic carbocycles. The lowest BCUT2D eigenvalue weighted by Crippen LogP contribution is -2.54. The lowest BCUT2D eigenvalue weighted by Gasteiger charge is -2.39. The molecule has 1 saturated heterocycles. The summed E-state index contributed by atoms with van der Waals surface area (Å²) in [7, 11) is -1.85. The Hall–Kier alpha value is -1.86. The van der Waals surface area contributed by atoms with Crippen LogP contribution in [0.4, 0.5) is 4.79 Å². The first kappa shape index (κ1) is 26.4. The molecule has 6 nitrogen and oxygen atoms in total. The van der Waals surface area contributed by atoms with E-state index >= 15 is 0 Å². The number of amides is 2. The van der Waals surface area contributed by atoms with E-state index in [-0.39, 0.29) is 29.1 Å². The van der Waals surface area contributed by atoms with Crippen molar-refractivity contribution < 1.29 is 18.8 Å². The van der Waals surface area contributed by atoms with Gasteiger partial charge in [0, 0.05) is 25.1 Å². The Bertz CT molecular complexity index is 759. The van der Waals surface area contributed by atoms with Gasteiger partial charge in [-0.25, -0.2) is 9.59 Å². The number of hydrogen-bond donors (Lipinski definition) is 1. The topological polar surface area (TPSA) is 67.9 Å². The Morgan fingerprint density at radius 2 is 1.75 bits per heavy atom. The smallest absolute Gasteiger partial charge is 0.329 e. The first-order valence-corrected chi connectivity index (χ1v) is 14.6. The van der Waals surface area contributed by atoms with Gasteiger partial charge in [-0.15, -0.1) is 0 Å². The zero-order valence-electron chi connectivity index (χ0n) is 21.0. The Morgan fingerprint density at radius 1 is 1.09 bits per heavy atom. The van der Waals surface area contributed by atoms with Gasteiger partial charge >= 0.3 is 12.0 Å². The Balaban J connectivity index is 1.89. The number of hydrogen-bond acceptors (Lipinski definition) is 4. The Kier molecular flexibility index (Phi) is 8.94. The van der Waals surface area contributed by atoms with Gasteiger partial charge in [0.05, 0.1) is 0 Å². The van der Waals surface area contributed by atoms with Gasteiger partial charge in [0.15, 0.2) is 8.32 Å². The summed E-state index contributed by atoms with van der Waals surface area (Å²) in [6, 6.07) is 8.88. The fourth-order valence-electron chi connectivity index (χ4n) is 3.30. The molecule has 2 rings (SSSR count). The van der Waals surface area contributed by atoms with Crippen LogP contribution in [0.15, 0.2) is 30.3 Å². The first-order valence-electron chi connectivity index (χ1n) is 11.7. The van der Waals surface area contributed by atoms with E-state index in [1.165, 1.54) is 0 Å². The predicted molar refractivity (Wildman–Crippen MR) is 131 cm³/mol. The van der Waals surface area contributed by atoms with Crippen LogP contribution in [0.5, 0.6) is 0 Å². The second kappa shape index (κ2) is 10.8. The van der Waals surface area contributed by atoms with E-state index in [9.17, 15) is 9.59 Å². The van der Waals surface area contributed by atoms with Crippen LogP contribution in [-0.4, -0.2) is 51.0 Å². The molecule has 0 aromatic heterocycles. The SMILES string of the molecule is CC(C)(CNC(=O)N1CCCC[C@H]1C(=O)OCc1ccccc1)CO[Si](C)(C)C(C)(C)C. The third-order valence-electron chi connectivity index (χ3n) is 6.61. The largest absolute Gasteiger partial charge is 0.459 e. The number of carbonyl (C=O) groups excluding carboxylic acids is 2. The number of rotatable bonds is 8. The normalized spacial score (nSPS) is 17.7. The molecule has 0 unspecified atom stereocenters. The van der Waals surface area contributed by atoms with Gasteiger partial charge < -0.3 is 19.4 Å². The maximum Gasteiger partial charge on any atom is 0.329 e. The molecule has 0 radical (unpaired) electrons. The molecule has 1 aliphatic rings. The molecule has 1 aliphatic heterocycles. The first-order chi connectivity index (χ1) is 14.8. The summed E-state index contributed by atoms with van der Waals surface area (Å²) >= 11 is 0. The van der Waals surface area contributed by atoms with Crippen LogP contribution in [0, 0.1) is 5.41 Å². The van der Waals surface area contributed by atoms with Gasteiger partial charge in [0.2, 0.25) is 0 Å². The van der Waals surface area contributed by atoms with Gasteiger partial charge in [0.1, 0.15) is 12.6 Å². The molecule has 0 aliphatic carbocycles. The minimum Gasteiger partial charge on any atom is -0.459 e. The summed E-state index contributed by atoms with van der Waals surface area (Å²) in [5, 5.41) is 3.19. The van der Waals surface area contributed by atoms with Crippen molar-refractivity contribution in [3.8, 4) is 0 Å². The quantitative estimate of drug-likeness (QED) is 0.418. The second-order valence-electron chi connectivity index (χ2n) is 11.2. The predicted octanol–water partition coefficient (Wildman–Crippen LogP) is 5.34. The molecule has 2 amide bonds. The summed E-state index contributed by atoms with van der Waals surface area (Å²) in [6.45, 7) is 17.2. The summed E-state index contributed by atoms with van der Waals surface area (Å²) in [6.07, 6.45) is 2.45. The van der Waals surface area contributed by atoms with Crippen LogP contribution < -0.4 is 5.32 Å². The standard InChI is InChI=1S/C25H42N2O4Si/c1-24(2,3)32(6,7)31-19-25(4,5)18-26-23(29)27-16-12-11-15-21(27)22(28)30-17-20-13-9-8-10-14-20/h8-10,13-14,21H,11-12,15-19H2,1-7H3,(H,26,29)/t21-/m0/s1. The summed E-state index contributed by atoms with van der Waals surface area (Å²) in [5.74, 6) is -0.329. The maximum absolute atomic E-state index is 13.0. The van der Waals surface area contributed by atoms with Crippen molar-refractivity contribution in [1.82, 2.24) is 10.2 Å². The summed E-state index contributed by atoms with van der Waals surface area (Å²) in [4.78, 5) is 27.3. The lowest BCUT2D eigenvalue weighted by molar-refractivity contribution is -0.151. The van der Waals surface area contributed by atoms with Crippen molar-refractivity contribution in [2.75, 3.05) is 19.7 Å². The average Bonchev–Trinajstić information content (AvgIpc) is 2.74. The monoisotopic (exact) mass is 462 g/mol. The van der Waals surface area contributed by atoms with Crippen LogP contribution >= 0.6 is 0 Å². The summed E-state index contributed by atoms with van der Waals surface area (Å²) in [5.41, 5.74) is 0.737.